The summed E-state index contributed by atoms with van der Waals surface area (Å²) in [4.78, 5) is 25.4. The average molecular weight is 270 g/mol. The van der Waals surface area contributed by atoms with E-state index >= 15 is 0 Å². The largest absolute Gasteiger partial charge is 0.350 e. The Kier molecular flexibility index (Phi) is 4.41. The summed E-state index contributed by atoms with van der Waals surface area (Å²) in [6.07, 6.45) is 6.47. The number of terminal acetylenes is 1. The van der Waals surface area contributed by atoms with Gasteiger partial charge in [-0.1, -0.05) is 24.1 Å². The Morgan fingerprint density at radius 1 is 1.50 bits per heavy atom. The van der Waals surface area contributed by atoms with Gasteiger partial charge in [-0.05, 0) is 25.0 Å². The van der Waals surface area contributed by atoms with Crippen LogP contribution in [0.3, 0.4) is 0 Å². The Morgan fingerprint density at radius 3 is 2.95 bits per heavy atom. The second kappa shape index (κ2) is 6.25. The lowest BCUT2D eigenvalue weighted by molar-refractivity contribution is -0.135. The molecule has 1 unspecified atom stereocenters. The van der Waals surface area contributed by atoms with Gasteiger partial charge >= 0.3 is 0 Å². The molecule has 104 valence electrons. The van der Waals surface area contributed by atoms with Crippen LogP contribution in [0.4, 0.5) is 0 Å². The molecule has 1 heterocycles. The molecule has 1 fully saturated rings. The third kappa shape index (κ3) is 2.83. The maximum absolute atomic E-state index is 12.2. The number of rotatable bonds is 4. The number of hydrogen-bond acceptors (Lipinski definition) is 2. The summed E-state index contributed by atoms with van der Waals surface area (Å²) in [5, 5.41) is 2.87. The molecule has 0 aliphatic carbocycles. The highest BCUT2D eigenvalue weighted by Gasteiger charge is 2.34. The van der Waals surface area contributed by atoms with Gasteiger partial charge in [0, 0.05) is 25.1 Å². The van der Waals surface area contributed by atoms with Crippen LogP contribution in [-0.2, 0) is 16.1 Å². The lowest BCUT2D eigenvalue weighted by atomic mass is 10.1. The normalized spacial score (nSPS) is 17.9. The molecule has 1 saturated heterocycles. The highest BCUT2D eigenvalue weighted by Crippen LogP contribution is 2.18. The van der Waals surface area contributed by atoms with Crippen molar-refractivity contribution in [1.82, 2.24) is 10.2 Å². The lowest BCUT2D eigenvalue weighted by Crippen LogP contribution is -2.44. The Morgan fingerprint density at radius 2 is 2.25 bits per heavy atom. The number of carbonyl (C=O) groups is 2. The predicted molar refractivity (Wildman–Crippen MR) is 76.6 cm³/mol. The van der Waals surface area contributed by atoms with E-state index in [1.807, 2.05) is 31.2 Å². The van der Waals surface area contributed by atoms with Crippen LogP contribution in [0.15, 0.2) is 24.3 Å². The van der Waals surface area contributed by atoms with E-state index in [9.17, 15) is 9.59 Å². The Bertz CT molecular complexity index is 560. The standard InChI is InChI=1S/C16H18N2O2/c1-3-12-7-5-6-8-13(12)11-17-16(20)14-9-10-15(19)18(14)4-2/h1,5-8,14H,4,9-11H2,2H3,(H,17,20). The van der Waals surface area contributed by atoms with Crippen LogP contribution in [0, 0.1) is 12.3 Å². The van der Waals surface area contributed by atoms with Crippen molar-refractivity contribution in [3.63, 3.8) is 0 Å². The molecule has 1 aromatic rings. The van der Waals surface area contributed by atoms with Gasteiger partial charge in [0.2, 0.25) is 11.8 Å². The van der Waals surface area contributed by atoms with Gasteiger partial charge < -0.3 is 10.2 Å². The SMILES string of the molecule is C#Cc1ccccc1CNC(=O)C1CCC(=O)N1CC. The molecule has 1 aliphatic rings. The van der Waals surface area contributed by atoms with Gasteiger partial charge in [-0.25, -0.2) is 0 Å². The van der Waals surface area contributed by atoms with E-state index in [0.29, 0.717) is 25.9 Å². The molecule has 1 atom stereocenters. The summed E-state index contributed by atoms with van der Waals surface area (Å²) in [5.41, 5.74) is 1.69. The van der Waals surface area contributed by atoms with Crippen molar-refractivity contribution in [1.29, 1.82) is 0 Å². The van der Waals surface area contributed by atoms with Crippen molar-refractivity contribution in [3.8, 4) is 12.3 Å². The molecule has 0 aromatic heterocycles. The smallest absolute Gasteiger partial charge is 0.243 e. The van der Waals surface area contributed by atoms with Crippen LogP contribution >= 0.6 is 0 Å². The van der Waals surface area contributed by atoms with Crippen LogP contribution in [0.5, 0.6) is 0 Å². The van der Waals surface area contributed by atoms with Crippen LogP contribution in [0.2, 0.25) is 0 Å². The number of amides is 2. The molecule has 0 bridgehead atoms. The third-order valence-electron chi connectivity index (χ3n) is 3.60. The molecule has 4 heteroatoms. The van der Waals surface area contributed by atoms with Crippen molar-refractivity contribution < 1.29 is 9.59 Å². The van der Waals surface area contributed by atoms with E-state index in [0.717, 1.165) is 11.1 Å². The Hall–Kier alpha value is -2.28. The van der Waals surface area contributed by atoms with E-state index in [2.05, 4.69) is 11.2 Å². The number of likely N-dealkylation sites (tertiary alicyclic amines) is 1. The number of nitrogens with zero attached hydrogens (tertiary/aromatic N) is 1. The van der Waals surface area contributed by atoms with E-state index in [1.54, 1.807) is 4.90 Å². The molecular formula is C16H18N2O2. The number of carbonyl (C=O) groups excluding carboxylic acids is 2. The van der Waals surface area contributed by atoms with Crippen LogP contribution < -0.4 is 5.32 Å². The topological polar surface area (TPSA) is 49.4 Å². The molecule has 2 rings (SSSR count). The zero-order valence-electron chi connectivity index (χ0n) is 11.6. The lowest BCUT2D eigenvalue weighted by Gasteiger charge is -2.22. The first-order chi connectivity index (χ1) is 9.67. The molecule has 4 nitrogen and oxygen atoms in total. The summed E-state index contributed by atoms with van der Waals surface area (Å²) in [6, 6.07) is 7.16. The molecule has 0 radical (unpaired) electrons. The molecular weight excluding hydrogens is 252 g/mol. The summed E-state index contributed by atoms with van der Waals surface area (Å²) in [7, 11) is 0. The fourth-order valence-electron chi connectivity index (χ4n) is 2.52. The number of benzene rings is 1. The maximum Gasteiger partial charge on any atom is 0.243 e. The fraction of sp³-hybridized carbons (Fsp3) is 0.375. The van der Waals surface area contributed by atoms with Crippen molar-refractivity contribution in [2.45, 2.75) is 32.4 Å². The quantitative estimate of drug-likeness (QED) is 0.838. The van der Waals surface area contributed by atoms with Crippen LogP contribution in [-0.4, -0.2) is 29.3 Å². The minimum absolute atomic E-state index is 0.0525. The molecule has 0 saturated carbocycles. The number of hydrogen-bond donors (Lipinski definition) is 1. The van der Waals surface area contributed by atoms with Gasteiger partial charge in [-0.15, -0.1) is 6.42 Å². The third-order valence-corrected chi connectivity index (χ3v) is 3.60. The average Bonchev–Trinajstić information content (AvgIpc) is 2.86. The molecule has 20 heavy (non-hydrogen) atoms. The van der Waals surface area contributed by atoms with Gasteiger partial charge in [0.1, 0.15) is 6.04 Å². The summed E-state index contributed by atoms with van der Waals surface area (Å²) in [5.74, 6) is 2.55. The van der Waals surface area contributed by atoms with Gasteiger partial charge in [-0.3, -0.25) is 9.59 Å². The Balaban J connectivity index is 1.99. The van der Waals surface area contributed by atoms with Crippen LogP contribution in [0.1, 0.15) is 30.9 Å². The second-order valence-electron chi connectivity index (χ2n) is 4.75. The minimum atomic E-state index is -0.342. The number of likely N-dealkylation sites (N-methyl/N-ethyl adjacent to an activating group) is 1. The van der Waals surface area contributed by atoms with E-state index in [4.69, 9.17) is 6.42 Å². The van der Waals surface area contributed by atoms with Crippen molar-refractivity contribution in [2.24, 2.45) is 0 Å². The zero-order chi connectivity index (χ0) is 14.5. The van der Waals surface area contributed by atoms with Crippen molar-refractivity contribution >= 4 is 11.8 Å². The first-order valence-corrected chi connectivity index (χ1v) is 6.79. The fourth-order valence-corrected chi connectivity index (χ4v) is 2.52. The highest BCUT2D eigenvalue weighted by molar-refractivity contribution is 5.90. The monoisotopic (exact) mass is 270 g/mol. The summed E-state index contributed by atoms with van der Waals surface area (Å²) < 4.78 is 0. The molecule has 1 aromatic carbocycles. The van der Waals surface area contributed by atoms with E-state index in [1.165, 1.54) is 0 Å². The molecule has 1 aliphatic heterocycles. The maximum atomic E-state index is 12.2. The highest BCUT2D eigenvalue weighted by atomic mass is 16.2. The van der Waals surface area contributed by atoms with E-state index in [-0.39, 0.29) is 17.9 Å². The van der Waals surface area contributed by atoms with Gasteiger partial charge in [0.25, 0.3) is 0 Å². The number of nitrogens with one attached hydrogen (secondary N) is 1. The first-order valence-electron chi connectivity index (χ1n) is 6.79. The van der Waals surface area contributed by atoms with Crippen molar-refractivity contribution in [2.75, 3.05) is 6.54 Å². The predicted octanol–water partition coefficient (Wildman–Crippen LogP) is 1.30. The zero-order valence-corrected chi connectivity index (χ0v) is 11.6. The van der Waals surface area contributed by atoms with Crippen molar-refractivity contribution in [3.05, 3.63) is 35.4 Å². The van der Waals surface area contributed by atoms with Gasteiger partial charge in [-0.2, -0.15) is 0 Å². The second-order valence-corrected chi connectivity index (χ2v) is 4.75. The molecule has 0 spiro atoms. The van der Waals surface area contributed by atoms with E-state index < -0.39 is 0 Å². The summed E-state index contributed by atoms with van der Waals surface area (Å²) >= 11 is 0. The molecule has 1 N–H and O–H groups in total. The van der Waals surface area contributed by atoms with Crippen LogP contribution in [0.25, 0.3) is 0 Å². The molecule has 2 amide bonds. The first kappa shape index (κ1) is 14.1. The van der Waals surface area contributed by atoms with Gasteiger partial charge in [0.05, 0.1) is 0 Å². The van der Waals surface area contributed by atoms with Gasteiger partial charge in [0.15, 0.2) is 0 Å². The minimum Gasteiger partial charge on any atom is -0.350 e. The Labute approximate surface area is 119 Å². The summed E-state index contributed by atoms with van der Waals surface area (Å²) in [6.45, 7) is 2.84.